The highest BCUT2D eigenvalue weighted by molar-refractivity contribution is 6.18. The number of rotatable bonds is 6. The largest absolute Gasteiger partial charge is 0.497 e. The minimum atomic E-state index is -2.77. The number of hydrogen-bond acceptors (Lipinski definition) is 6. The molecule has 3 heterocycles. The smallest absolute Gasteiger partial charge is 0.258 e. The molecular formula is C34H31F2N5O4. The number of benzene rings is 2. The minimum Gasteiger partial charge on any atom is -0.497 e. The molecule has 7 rings (SSSR count). The summed E-state index contributed by atoms with van der Waals surface area (Å²) in [6.45, 7) is 0. The average Bonchev–Trinajstić information content (AvgIpc) is 3.71. The Bertz CT molecular complexity index is 1760. The van der Waals surface area contributed by atoms with Crippen LogP contribution in [0, 0.1) is 11.3 Å². The van der Waals surface area contributed by atoms with Crippen molar-refractivity contribution in [2.24, 2.45) is 0 Å². The maximum Gasteiger partial charge on any atom is 0.258 e. The molecule has 2 fully saturated rings. The van der Waals surface area contributed by atoms with E-state index in [1.54, 1.807) is 29.2 Å². The van der Waals surface area contributed by atoms with Crippen molar-refractivity contribution in [1.29, 1.82) is 5.26 Å². The van der Waals surface area contributed by atoms with Gasteiger partial charge in [0, 0.05) is 48.8 Å². The number of nitrogens with zero attached hydrogens (tertiary/aromatic N) is 5. The Hall–Kier alpha value is -4.85. The van der Waals surface area contributed by atoms with Gasteiger partial charge in [-0.2, -0.15) is 5.26 Å². The summed E-state index contributed by atoms with van der Waals surface area (Å²) < 4.78 is 33.9. The van der Waals surface area contributed by atoms with Crippen LogP contribution in [0.3, 0.4) is 0 Å². The molecule has 4 aliphatic rings. The average molecular weight is 612 g/mol. The highest BCUT2D eigenvalue weighted by Gasteiger charge is 2.62. The van der Waals surface area contributed by atoms with Crippen LogP contribution in [0.1, 0.15) is 61.6 Å². The quantitative estimate of drug-likeness (QED) is 0.377. The summed E-state index contributed by atoms with van der Waals surface area (Å²) in [6.07, 6.45) is 2.22. The zero-order valence-electron chi connectivity index (χ0n) is 24.7. The number of halogens is 2. The van der Waals surface area contributed by atoms with E-state index in [-0.39, 0.29) is 56.2 Å². The Morgan fingerprint density at radius 2 is 1.80 bits per heavy atom. The van der Waals surface area contributed by atoms with Crippen LogP contribution in [0.25, 0.3) is 0 Å². The number of ether oxygens (including phenoxy) is 1. The van der Waals surface area contributed by atoms with Crippen LogP contribution in [0.4, 0.5) is 26.0 Å². The molecule has 3 amide bonds. The van der Waals surface area contributed by atoms with Crippen LogP contribution in [0.5, 0.6) is 5.75 Å². The third-order valence-corrected chi connectivity index (χ3v) is 9.71. The molecule has 1 saturated heterocycles. The van der Waals surface area contributed by atoms with Gasteiger partial charge < -0.3 is 9.64 Å². The third-order valence-electron chi connectivity index (χ3n) is 9.71. The van der Waals surface area contributed by atoms with Gasteiger partial charge in [-0.3, -0.25) is 24.2 Å². The van der Waals surface area contributed by atoms with Crippen molar-refractivity contribution in [2.45, 2.75) is 74.9 Å². The first kappa shape index (κ1) is 28.9. The number of hydrogen-bond donors (Lipinski definition) is 0. The number of pyridine rings is 1. The molecule has 0 bridgehead atoms. The van der Waals surface area contributed by atoms with Gasteiger partial charge in [-0.1, -0.05) is 18.2 Å². The molecular weight excluding hydrogens is 580 g/mol. The number of carbonyl (C=O) groups excluding carboxylic acids is 3. The zero-order chi connectivity index (χ0) is 31.5. The number of aromatic nitrogens is 1. The normalized spacial score (nSPS) is 23.6. The van der Waals surface area contributed by atoms with Crippen molar-refractivity contribution >= 4 is 34.9 Å². The van der Waals surface area contributed by atoms with Crippen LogP contribution in [0.2, 0.25) is 0 Å². The van der Waals surface area contributed by atoms with Crippen LogP contribution in [0.15, 0.2) is 60.8 Å². The van der Waals surface area contributed by atoms with Crippen LogP contribution in [-0.2, 0) is 26.3 Å². The van der Waals surface area contributed by atoms with E-state index in [1.165, 1.54) is 35.2 Å². The SMILES string of the molecule is COc1cccc(N(C(=O)[C@@H]2CCC(=O)N2c2cc(C#N)ccn2)C23CCc4cccc(c42)N(C2CCC(F)(F)CC2)C3=O)c1. The molecule has 2 atom stereocenters. The van der Waals surface area contributed by atoms with Gasteiger partial charge >= 0.3 is 0 Å². The van der Waals surface area contributed by atoms with Crippen molar-refractivity contribution in [1.82, 2.24) is 4.98 Å². The molecule has 0 radical (unpaired) electrons. The molecule has 1 saturated carbocycles. The monoisotopic (exact) mass is 611 g/mol. The number of methoxy groups -OCH3 is 1. The van der Waals surface area contributed by atoms with Gasteiger partial charge in [0.2, 0.25) is 11.8 Å². The molecule has 9 nitrogen and oxygen atoms in total. The summed E-state index contributed by atoms with van der Waals surface area (Å²) in [6, 6.07) is 16.2. The second kappa shape index (κ2) is 10.6. The van der Waals surface area contributed by atoms with E-state index in [0.29, 0.717) is 41.1 Å². The standard InChI is InChI=1S/C34H31F2N5O4/c1-45-25-6-3-5-24(19-25)41(31(43)27-8-9-29(42)40(27)28-18-21(20-37)13-17-38-28)34-16-10-22-4-2-7-26(30(22)34)39(32(34)44)23-11-14-33(35,36)15-12-23/h2-7,13,17-19,23,27H,8-12,14-16H2,1H3/t27-,34?/m0/s1. The molecule has 230 valence electrons. The molecule has 2 aromatic carbocycles. The molecule has 0 spiro atoms. The number of alkyl halides is 2. The Morgan fingerprint density at radius 1 is 1.02 bits per heavy atom. The molecule has 0 N–H and O–H groups in total. The van der Waals surface area contributed by atoms with Crippen molar-refractivity contribution in [3.05, 3.63) is 77.5 Å². The fraction of sp³-hybridized carbons (Fsp3) is 0.382. The first-order valence-corrected chi connectivity index (χ1v) is 15.2. The minimum absolute atomic E-state index is 0.0893. The molecule has 1 aromatic heterocycles. The van der Waals surface area contributed by atoms with Gasteiger partial charge in [-0.25, -0.2) is 13.8 Å². The van der Waals surface area contributed by atoms with E-state index >= 15 is 4.79 Å². The predicted molar refractivity (Wildman–Crippen MR) is 161 cm³/mol. The summed E-state index contributed by atoms with van der Waals surface area (Å²) in [5.41, 5.74) is 1.55. The van der Waals surface area contributed by atoms with Crippen LogP contribution >= 0.6 is 0 Å². The van der Waals surface area contributed by atoms with Gasteiger partial charge in [0.05, 0.1) is 24.4 Å². The number of carbonyl (C=O) groups is 3. The lowest BCUT2D eigenvalue weighted by molar-refractivity contribution is -0.129. The summed E-state index contributed by atoms with van der Waals surface area (Å²) in [4.78, 5) is 52.1. The van der Waals surface area contributed by atoms with E-state index in [2.05, 4.69) is 11.1 Å². The zero-order valence-corrected chi connectivity index (χ0v) is 24.7. The number of nitriles is 1. The van der Waals surface area contributed by atoms with E-state index in [1.807, 2.05) is 18.2 Å². The fourth-order valence-electron chi connectivity index (χ4n) is 7.66. The Labute approximate surface area is 259 Å². The lowest BCUT2D eigenvalue weighted by atomic mass is 9.88. The topological polar surface area (TPSA) is 107 Å². The number of aryl methyl sites for hydroxylation is 1. The van der Waals surface area contributed by atoms with Crippen molar-refractivity contribution in [3.63, 3.8) is 0 Å². The summed E-state index contributed by atoms with van der Waals surface area (Å²) in [5, 5.41) is 9.48. The van der Waals surface area contributed by atoms with Crippen molar-refractivity contribution in [2.75, 3.05) is 21.8 Å². The fourth-order valence-corrected chi connectivity index (χ4v) is 7.66. The van der Waals surface area contributed by atoms with Gasteiger partial charge in [-0.05, 0) is 68.0 Å². The number of anilines is 3. The molecule has 11 heteroatoms. The van der Waals surface area contributed by atoms with Crippen LogP contribution < -0.4 is 19.4 Å². The van der Waals surface area contributed by atoms with Gasteiger partial charge in [0.1, 0.15) is 17.6 Å². The number of amides is 3. The summed E-state index contributed by atoms with van der Waals surface area (Å²) >= 11 is 0. The molecule has 2 aliphatic heterocycles. The van der Waals surface area contributed by atoms with Gasteiger partial charge in [0.25, 0.3) is 11.8 Å². The molecule has 1 unspecified atom stereocenters. The van der Waals surface area contributed by atoms with Gasteiger partial charge in [0.15, 0.2) is 5.54 Å². The Balaban J connectivity index is 1.38. The molecule has 3 aromatic rings. The Morgan fingerprint density at radius 3 is 2.56 bits per heavy atom. The van der Waals surface area contributed by atoms with Crippen molar-refractivity contribution < 1.29 is 27.9 Å². The summed E-state index contributed by atoms with van der Waals surface area (Å²) in [7, 11) is 1.51. The molecule has 2 aliphatic carbocycles. The highest BCUT2D eigenvalue weighted by atomic mass is 19.3. The van der Waals surface area contributed by atoms with Gasteiger partial charge in [-0.15, -0.1) is 0 Å². The van der Waals surface area contributed by atoms with Crippen molar-refractivity contribution in [3.8, 4) is 11.8 Å². The lowest BCUT2D eigenvalue weighted by Crippen LogP contribution is -2.60. The maximum absolute atomic E-state index is 15.1. The van der Waals surface area contributed by atoms with E-state index in [0.717, 1.165) is 5.56 Å². The lowest BCUT2D eigenvalue weighted by Gasteiger charge is -2.42. The second-order valence-electron chi connectivity index (χ2n) is 12.1. The summed E-state index contributed by atoms with van der Waals surface area (Å²) in [5.74, 6) is -3.20. The molecule has 45 heavy (non-hydrogen) atoms. The first-order valence-electron chi connectivity index (χ1n) is 15.2. The Kier molecular flexibility index (Phi) is 6.84. The highest BCUT2D eigenvalue weighted by Crippen LogP contribution is 2.56. The first-order chi connectivity index (χ1) is 21.7. The van der Waals surface area contributed by atoms with E-state index in [4.69, 9.17) is 4.74 Å². The van der Waals surface area contributed by atoms with E-state index in [9.17, 15) is 23.6 Å². The van der Waals surface area contributed by atoms with Crippen LogP contribution in [-0.4, -0.2) is 47.8 Å². The third kappa shape index (κ3) is 4.45. The van der Waals surface area contributed by atoms with E-state index < -0.39 is 29.5 Å². The predicted octanol–water partition coefficient (Wildman–Crippen LogP) is 5.26. The maximum atomic E-state index is 15.1. The second-order valence-corrected chi connectivity index (χ2v) is 12.1.